The summed E-state index contributed by atoms with van der Waals surface area (Å²) in [5.41, 5.74) is 3.27. The SMILES string of the molecule is CSc1ccc2c(c1)CCC/C2=N\O. The normalized spacial score (nSPS) is 18.2. The average molecular weight is 207 g/mol. The van der Waals surface area contributed by atoms with Gasteiger partial charge in [0.2, 0.25) is 0 Å². The monoisotopic (exact) mass is 207 g/mol. The Hall–Kier alpha value is -0.960. The highest BCUT2D eigenvalue weighted by Gasteiger charge is 2.15. The van der Waals surface area contributed by atoms with E-state index in [0.717, 1.165) is 30.5 Å². The van der Waals surface area contributed by atoms with Crippen LogP contribution in [0.15, 0.2) is 28.3 Å². The third kappa shape index (κ3) is 1.64. The Bertz CT molecular complexity index is 374. The molecule has 0 amide bonds. The molecule has 0 heterocycles. The smallest absolute Gasteiger partial charge is 0.0870 e. The molecule has 0 radical (unpaired) electrons. The van der Waals surface area contributed by atoms with Gasteiger partial charge in [0.15, 0.2) is 0 Å². The molecule has 0 saturated heterocycles. The van der Waals surface area contributed by atoms with Crippen molar-refractivity contribution in [1.82, 2.24) is 0 Å². The summed E-state index contributed by atoms with van der Waals surface area (Å²) in [6.07, 6.45) is 5.15. The van der Waals surface area contributed by atoms with E-state index in [1.54, 1.807) is 11.8 Å². The highest BCUT2D eigenvalue weighted by atomic mass is 32.2. The van der Waals surface area contributed by atoms with E-state index in [1.807, 2.05) is 0 Å². The van der Waals surface area contributed by atoms with Crippen molar-refractivity contribution in [2.24, 2.45) is 5.16 Å². The Kier molecular flexibility index (Phi) is 2.77. The third-order valence-corrected chi connectivity index (χ3v) is 3.33. The van der Waals surface area contributed by atoms with Crippen LogP contribution in [-0.2, 0) is 6.42 Å². The number of fused-ring (bicyclic) bond motifs is 1. The number of oxime groups is 1. The minimum Gasteiger partial charge on any atom is -0.411 e. The van der Waals surface area contributed by atoms with E-state index in [4.69, 9.17) is 5.21 Å². The second-order valence-corrected chi connectivity index (χ2v) is 4.30. The molecule has 0 atom stereocenters. The first kappa shape index (κ1) is 9.59. The van der Waals surface area contributed by atoms with E-state index >= 15 is 0 Å². The Labute approximate surface area is 88.0 Å². The average Bonchev–Trinajstić information content (AvgIpc) is 2.27. The molecule has 0 saturated carbocycles. The Morgan fingerprint density at radius 3 is 2.93 bits per heavy atom. The summed E-state index contributed by atoms with van der Waals surface area (Å²) in [6, 6.07) is 6.35. The molecule has 2 rings (SSSR count). The molecule has 2 nitrogen and oxygen atoms in total. The van der Waals surface area contributed by atoms with Crippen molar-refractivity contribution >= 4 is 17.5 Å². The predicted octanol–water partition coefficient (Wildman–Crippen LogP) is 2.92. The van der Waals surface area contributed by atoms with Gasteiger partial charge < -0.3 is 5.21 Å². The van der Waals surface area contributed by atoms with Crippen LogP contribution in [0.1, 0.15) is 24.0 Å². The number of aryl methyl sites for hydroxylation is 1. The zero-order valence-electron chi connectivity index (χ0n) is 8.16. The van der Waals surface area contributed by atoms with Crippen LogP contribution in [0, 0.1) is 0 Å². The summed E-state index contributed by atoms with van der Waals surface area (Å²) in [5.74, 6) is 0. The first-order chi connectivity index (χ1) is 6.85. The lowest BCUT2D eigenvalue weighted by Gasteiger charge is -2.17. The second kappa shape index (κ2) is 4.05. The van der Waals surface area contributed by atoms with Crippen LogP contribution in [0.25, 0.3) is 0 Å². The summed E-state index contributed by atoms with van der Waals surface area (Å²) in [7, 11) is 0. The molecule has 0 unspecified atom stereocenters. The van der Waals surface area contributed by atoms with Gasteiger partial charge in [0, 0.05) is 10.5 Å². The summed E-state index contributed by atoms with van der Waals surface area (Å²) >= 11 is 1.75. The van der Waals surface area contributed by atoms with Crippen molar-refractivity contribution in [1.29, 1.82) is 0 Å². The van der Waals surface area contributed by atoms with E-state index in [2.05, 4.69) is 29.6 Å². The summed E-state index contributed by atoms with van der Waals surface area (Å²) in [6.45, 7) is 0. The van der Waals surface area contributed by atoms with Crippen molar-refractivity contribution in [3.05, 3.63) is 29.3 Å². The lowest BCUT2D eigenvalue weighted by Crippen LogP contribution is -2.11. The predicted molar refractivity (Wildman–Crippen MR) is 59.5 cm³/mol. The van der Waals surface area contributed by atoms with Gasteiger partial charge in [-0.25, -0.2) is 0 Å². The minimum absolute atomic E-state index is 0.832. The molecule has 1 aromatic carbocycles. The lowest BCUT2D eigenvalue weighted by atomic mass is 9.90. The van der Waals surface area contributed by atoms with Crippen LogP contribution < -0.4 is 0 Å². The van der Waals surface area contributed by atoms with Gasteiger partial charge >= 0.3 is 0 Å². The van der Waals surface area contributed by atoms with E-state index in [0.29, 0.717) is 0 Å². The Morgan fingerprint density at radius 2 is 2.21 bits per heavy atom. The molecule has 0 aliphatic heterocycles. The highest BCUT2D eigenvalue weighted by Crippen LogP contribution is 2.26. The van der Waals surface area contributed by atoms with Gasteiger partial charge in [0.1, 0.15) is 0 Å². The summed E-state index contributed by atoms with van der Waals surface area (Å²) in [4.78, 5) is 1.28. The molecule has 1 aliphatic carbocycles. The van der Waals surface area contributed by atoms with E-state index in [1.165, 1.54) is 10.5 Å². The molecule has 0 fully saturated rings. The number of thioether (sulfide) groups is 1. The molecular weight excluding hydrogens is 194 g/mol. The number of rotatable bonds is 1. The van der Waals surface area contributed by atoms with Crippen molar-refractivity contribution in [3.63, 3.8) is 0 Å². The zero-order chi connectivity index (χ0) is 9.97. The summed E-state index contributed by atoms with van der Waals surface area (Å²) in [5, 5.41) is 12.2. The fourth-order valence-electron chi connectivity index (χ4n) is 1.87. The first-order valence-corrected chi connectivity index (χ1v) is 5.96. The lowest BCUT2D eigenvalue weighted by molar-refractivity contribution is 0.317. The van der Waals surface area contributed by atoms with Crippen molar-refractivity contribution in [3.8, 4) is 0 Å². The fourth-order valence-corrected chi connectivity index (χ4v) is 2.33. The van der Waals surface area contributed by atoms with Crippen LogP contribution >= 0.6 is 11.8 Å². The maximum Gasteiger partial charge on any atom is 0.0870 e. The largest absolute Gasteiger partial charge is 0.411 e. The molecule has 14 heavy (non-hydrogen) atoms. The molecular formula is C11H13NOS. The van der Waals surface area contributed by atoms with Gasteiger partial charge in [-0.05, 0) is 43.2 Å². The van der Waals surface area contributed by atoms with Crippen LogP contribution in [0.4, 0.5) is 0 Å². The minimum atomic E-state index is 0.832. The zero-order valence-corrected chi connectivity index (χ0v) is 8.97. The van der Waals surface area contributed by atoms with Crippen molar-refractivity contribution < 1.29 is 5.21 Å². The van der Waals surface area contributed by atoms with Gasteiger partial charge in [0.25, 0.3) is 0 Å². The summed E-state index contributed by atoms with van der Waals surface area (Å²) < 4.78 is 0. The topological polar surface area (TPSA) is 32.6 Å². The van der Waals surface area contributed by atoms with Gasteiger partial charge in [-0.3, -0.25) is 0 Å². The Morgan fingerprint density at radius 1 is 1.36 bits per heavy atom. The second-order valence-electron chi connectivity index (χ2n) is 3.42. The van der Waals surface area contributed by atoms with Gasteiger partial charge in [0.05, 0.1) is 5.71 Å². The third-order valence-electron chi connectivity index (χ3n) is 2.60. The van der Waals surface area contributed by atoms with Gasteiger partial charge in [-0.1, -0.05) is 11.2 Å². The van der Waals surface area contributed by atoms with E-state index in [9.17, 15) is 0 Å². The molecule has 74 valence electrons. The van der Waals surface area contributed by atoms with Crippen LogP contribution in [-0.4, -0.2) is 17.2 Å². The number of benzene rings is 1. The highest BCUT2D eigenvalue weighted by molar-refractivity contribution is 7.98. The van der Waals surface area contributed by atoms with Crippen molar-refractivity contribution in [2.75, 3.05) is 6.26 Å². The van der Waals surface area contributed by atoms with E-state index in [-0.39, 0.29) is 0 Å². The van der Waals surface area contributed by atoms with Gasteiger partial charge in [-0.15, -0.1) is 11.8 Å². The molecule has 0 spiro atoms. The van der Waals surface area contributed by atoms with Crippen LogP contribution in [0.2, 0.25) is 0 Å². The standard InChI is InChI=1S/C11H13NOS/c1-14-9-5-6-10-8(7-9)3-2-4-11(10)12-13/h5-7,13H,2-4H2,1H3/b12-11+. The molecule has 0 bridgehead atoms. The number of hydrogen-bond acceptors (Lipinski definition) is 3. The first-order valence-electron chi connectivity index (χ1n) is 4.73. The fraction of sp³-hybridized carbons (Fsp3) is 0.364. The van der Waals surface area contributed by atoms with Crippen molar-refractivity contribution in [2.45, 2.75) is 24.2 Å². The maximum atomic E-state index is 8.85. The molecule has 3 heteroatoms. The molecule has 1 aromatic rings. The molecule has 1 aliphatic rings. The van der Waals surface area contributed by atoms with Gasteiger partial charge in [-0.2, -0.15) is 0 Å². The number of hydrogen-bond donors (Lipinski definition) is 1. The number of nitrogens with zero attached hydrogens (tertiary/aromatic N) is 1. The molecule has 1 N–H and O–H groups in total. The quantitative estimate of drug-likeness (QED) is 0.436. The van der Waals surface area contributed by atoms with E-state index < -0.39 is 0 Å². The van der Waals surface area contributed by atoms with Crippen LogP contribution in [0.3, 0.4) is 0 Å². The molecule has 0 aromatic heterocycles. The van der Waals surface area contributed by atoms with Crippen LogP contribution in [0.5, 0.6) is 0 Å². The maximum absolute atomic E-state index is 8.85. The Balaban J connectivity index is 2.46.